The quantitative estimate of drug-likeness (QED) is 0.421. The Hall–Kier alpha value is -2.45. The van der Waals surface area contributed by atoms with Crippen molar-refractivity contribution in [2.45, 2.75) is 26.2 Å². The molecule has 0 radical (unpaired) electrons. The number of nitrogens with two attached hydrogens (primary N) is 1. The van der Waals surface area contributed by atoms with Crippen LogP contribution in [0.15, 0.2) is 18.7 Å². The number of aliphatic hydroxyl groups is 3. The number of nitrogens with one attached hydrogen (secondary N) is 1. The number of carbonyl (C=O) groups is 1. The lowest BCUT2D eigenvalue weighted by atomic mass is 9.89. The first kappa shape index (κ1) is 18.9. The van der Waals surface area contributed by atoms with Crippen molar-refractivity contribution in [2.24, 2.45) is 5.73 Å². The van der Waals surface area contributed by atoms with Crippen LogP contribution in [-0.2, 0) is 26.2 Å². The summed E-state index contributed by atoms with van der Waals surface area (Å²) in [5, 5.41) is 38.4. The molecule has 0 aliphatic rings. The summed E-state index contributed by atoms with van der Waals surface area (Å²) in [5.41, 5.74) is 9.17. The summed E-state index contributed by atoms with van der Waals surface area (Å²) in [6.07, 6.45) is 1.85. The first-order chi connectivity index (χ1) is 12.0. The first-order valence-electron chi connectivity index (χ1n) is 7.81. The summed E-state index contributed by atoms with van der Waals surface area (Å²) in [4.78, 5) is 14.4. The molecule has 7 nitrogen and oxygen atoms in total. The average Bonchev–Trinajstić information content (AvgIpc) is 2.98. The molecule has 2 rings (SSSR count). The van der Waals surface area contributed by atoms with E-state index in [0.29, 0.717) is 52.0 Å². The highest BCUT2D eigenvalue weighted by molar-refractivity contribution is 5.96. The summed E-state index contributed by atoms with van der Waals surface area (Å²) >= 11 is 0. The van der Waals surface area contributed by atoms with Gasteiger partial charge in [-0.05, 0) is 28.8 Å². The van der Waals surface area contributed by atoms with Crippen molar-refractivity contribution >= 4 is 12.0 Å². The molecule has 0 saturated heterocycles. The number of aliphatic hydroxyl groups excluding tert-OH is 3. The van der Waals surface area contributed by atoms with Gasteiger partial charge in [-0.3, -0.25) is 0 Å². The van der Waals surface area contributed by atoms with Gasteiger partial charge in [-0.2, -0.15) is 0 Å². The van der Waals surface area contributed by atoms with E-state index in [-0.39, 0.29) is 25.5 Å². The molecule has 1 aromatic carbocycles. The maximum absolute atomic E-state index is 11.5. The van der Waals surface area contributed by atoms with E-state index in [9.17, 15) is 25.2 Å². The van der Waals surface area contributed by atoms with Crippen molar-refractivity contribution < 1.29 is 25.2 Å². The largest absolute Gasteiger partial charge is 0.477 e. The Labute approximate surface area is 145 Å². The normalized spacial score (nSPS) is 10.9. The van der Waals surface area contributed by atoms with Gasteiger partial charge >= 0.3 is 5.97 Å². The summed E-state index contributed by atoms with van der Waals surface area (Å²) in [5.74, 6) is -1.13. The number of benzene rings is 1. The molecule has 0 fully saturated rings. The maximum atomic E-state index is 11.5. The number of aromatic nitrogens is 1. The summed E-state index contributed by atoms with van der Waals surface area (Å²) in [6, 6.07) is 3.34. The summed E-state index contributed by atoms with van der Waals surface area (Å²) in [7, 11) is 0. The monoisotopic (exact) mass is 346 g/mol. The SMILES string of the molecule is C=Cc1c(C(=O)O)[nH]c(CCN)c1-c1ccc(CO)c(CO)c1CO. The van der Waals surface area contributed by atoms with Crippen LogP contribution in [0.1, 0.15) is 38.4 Å². The molecule has 25 heavy (non-hydrogen) atoms. The Morgan fingerprint density at radius 1 is 1.16 bits per heavy atom. The van der Waals surface area contributed by atoms with Gasteiger partial charge in [0, 0.05) is 23.2 Å². The standard InChI is InChI=1S/C18H22N2O5/c1-2-11-16(15(5-6-19)20-17(11)18(24)25)12-4-3-10(7-21)13(8-22)14(12)9-23/h2-4,20-23H,1,5-9,19H2,(H,24,25). The van der Waals surface area contributed by atoms with Crippen molar-refractivity contribution in [3.63, 3.8) is 0 Å². The van der Waals surface area contributed by atoms with Crippen molar-refractivity contribution in [1.29, 1.82) is 0 Å². The molecule has 134 valence electrons. The predicted octanol–water partition coefficient (Wildman–Crippen LogP) is 1.00. The van der Waals surface area contributed by atoms with Crippen LogP contribution in [-0.4, -0.2) is 37.9 Å². The minimum absolute atomic E-state index is 0.00544. The molecular formula is C18H22N2O5. The zero-order valence-electron chi connectivity index (χ0n) is 13.7. The number of carboxylic acid groups (broad SMARTS) is 1. The van der Waals surface area contributed by atoms with Crippen molar-refractivity contribution in [2.75, 3.05) is 6.54 Å². The van der Waals surface area contributed by atoms with E-state index in [2.05, 4.69) is 11.6 Å². The Morgan fingerprint density at radius 2 is 1.84 bits per heavy atom. The molecule has 0 bridgehead atoms. The molecule has 1 aromatic heterocycles. The molecule has 7 heteroatoms. The van der Waals surface area contributed by atoms with Crippen LogP contribution in [0.3, 0.4) is 0 Å². The number of hydrogen-bond donors (Lipinski definition) is 6. The minimum Gasteiger partial charge on any atom is -0.477 e. The summed E-state index contributed by atoms with van der Waals surface area (Å²) in [6.45, 7) is 3.00. The van der Waals surface area contributed by atoms with Gasteiger partial charge < -0.3 is 31.1 Å². The highest BCUT2D eigenvalue weighted by Gasteiger charge is 2.23. The Morgan fingerprint density at radius 3 is 2.32 bits per heavy atom. The predicted molar refractivity (Wildman–Crippen MR) is 93.8 cm³/mol. The van der Waals surface area contributed by atoms with Gasteiger partial charge in [-0.25, -0.2) is 4.79 Å². The third kappa shape index (κ3) is 3.35. The van der Waals surface area contributed by atoms with E-state index >= 15 is 0 Å². The molecule has 0 aliphatic heterocycles. The lowest BCUT2D eigenvalue weighted by molar-refractivity contribution is 0.0691. The maximum Gasteiger partial charge on any atom is 0.352 e. The zero-order valence-corrected chi connectivity index (χ0v) is 13.7. The number of carboxylic acids is 1. The van der Waals surface area contributed by atoms with Gasteiger partial charge in [-0.15, -0.1) is 0 Å². The average molecular weight is 346 g/mol. The molecule has 0 unspecified atom stereocenters. The lowest BCUT2D eigenvalue weighted by Gasteiger charge is -2.16. The molecule has 1 heterocycles. The van der Waals surface area contributed by atoms with Crippen molar-refractivity contribution in [3.05, 3.63) is 52.4 Å². The second-order valence-electron chi connectivity index (χ2n) is 5.52. The Balaban J connectivity index is 2.85. The lowest BCUT2D eigenvalue weighted by Crippen LogP contribution is -2.07. The first-order valence-corrected chi connectivity index (χ1v) is 7.81. The van der Waals surface area contributed by atoms with Crippen LogP contribution in [0.25, 0.3) is 17.2 Å². The highest BCUT2D eigenvalue weighted by Crippen LogP contribution is 2.36. The fourth-order valence-corrected chi connectivity index (χ4v) is 3.08. The number of aromatic amines is 1. The third-order valence-corrected chi connectivity index (χ3v) is 4.21. The van der Waals surface area contributed by atoms with E-state index in [1.54, 1.807) is 12.1 Å². The van der Waals surface area contributed by atoms with Gasteiger partial charge in [-0.1, -0.05) is 24.8 Å². The Bertz CT molecular complexity index is 795. The molecule has 0 saturated carbocycles. The molecular weight excluding hydrogens is 324 g/mol. The minimum atomic E-state index is -1.13. The molecule has 7 N–H and O–H groups in total. The van der Waals surface area contributed by atoms with Gasteiger partial charge in [0.1, 0.15) is 5.69 Å². The third-order valence-electron chi connectivity index (χ3n) is 4.21. The molecule has 2 aromatic rings. The van der Waals surface area contributed by atoms with Crippen molar-refractivity contribution in [3.8, 4) is 11.1 Å². The van der Waals surface area contributed by atoms with Crippen LogP contribution < -0.4 is 5.73 Å². The number of hydrogen-bond acceptors (Lipinski definition) is 5. The van der Waals surface area contributed by atoms with Crippen LogP contribution in [0.5, 0.6) is 0 Å². The van der Waals surface area contributed by atoms with E-state index in [4.69, 9.17) is 5.73 Å². The van der Waals surface area contributed by atoms with E-state index in [0.717, 1.165) is 0 Å². The zero-order chi connectivity index (χ0) is 18.6. The highest BCUT2D eigenvalue weighted by atomic mass is 16.4. The van der Waals surface area contributed by atoms with Gasteiger partial charge in [0.15, 0.2) is 0 Å². The van der Waals surface area contributed by atoms with Crippen LogP contribution >= 0.6 is 0 Å². The molecule has 0 amide bonds. The number of rotatable bonds is 8. The van der Waals surface area contributed by atoms with Gasteiger partial charge in [0.25, 0.3) is 0 Å². The van der Waals surface area contributed by atoms with Crippen LogP contribution in [0.4, 0.5) is 0 Å². The molecule has 0 aliphatic carbocycles. The van der Waals surface area contributed by atoms with Crippen molar-refractivity contribution in [1.82, 2.24) is 4.98 Å². The van der Waals surface area contributed by atoms with E-state index in [1.165, 1.54) is 6.08 Å². The summed E-state index contributed by atoms with van der Waals surface area (Å²) < 4.78 is 0. The second-order valence-corrected chi connectivity index (χ2v) is 5.52. The van der Waals surface area contributed by atoms with Gasteiger partial charge in [0.05, 0.1) is 19.8 Å². The molecule has 0 spiro atoms. The number of aromatic carboxylic acids is 1. The fourth-order valence-electron chi connectivity index (χ4n) is 3.08. The second kappa shape index (κ2) is 8.09. The fraction of sp³-hybridized carbons (Fsp3) is 0.278. The smallest absolute Gasteiger partial charge is 0.352 e. The van der Waals surface area contributed by atoms with Crippen LogP contribution in [0.2, 0.25) is 0 Å². The topological polar surface area (TPSA) is 140 Å². The molecule has 0 atom stereocenters. The van der Waals surface area contributed by atoms with Crippen LogP contribution in [0, 0.1) is 0 Å². The Kier molecular flexibility index (Phi) is 6.11. The van der Waals surface area contributed by atoms with E-state index < -0.39 is 5.97 Å². The number of H-pyrrole nitrogens is 1. The van der Waals surface area contributed by atoms with E-state index in [1.807, 2.05) is 0 Å². The van der Waals surface area contributed by atoms with Gasteiger partial charge in [0.2, 0.25) is 0 Å².